The van der Waals surface area contributed by atoms with Gasteiger partial charge >= 0.3 is 12.1 Å². The van der Waals surface area contributed by atoms with Crippen molar-refractivity contribution in [2.45, 2.75) is 49.8 Å². The van der Waals surface area contributed by atoms with Crippen LogP contribution in [0.15, 0.2) is 41.5 Å². The minimum atomic E-state index is -5.21. The van der Waals surface area contributed by atoms with Crippen molar-refractivity contribution in [3.8, 4) is 17.3 Å². The van der Waals surface area contributed by atoms with Crippen LogP contribution in [0, 0.1) is 11.3 Å². The second kappa shape index (κ2) is 10.1. The van der Waals surface area contributed by atoms with Crippen LogP contribution >= 0.6 is 0 Å². The fourth-order valence-corrected chi connectivity index (χ4v) is 3.86. The summed E-state index contributed by atoms with van der Waals surface area (Å²) in [5, 5.41) is 12.1. The zero-order valence-electron chi connectivity index (χ0n) is 18.4. The molecule has 0 aliphatic heterocycles. The summed E-state index contributed by atoms with van der Waals surface area (Å²) in [5.74, 6) is -4.02. The minimum Gasteiger partial charge on any atom is -0.442 e. The summed E-state index contributed by atoms with van der Waals surface area (Å²) < 4.78 is 44.3. The largest absolute Gasteiger partial charge is 0.490 e. The predicted molar refractivity (Wildman–Crippen MR) is 114 cm³/mol. The van der Waals surface area contributed by atoms with Crippen molar-refractivity contribution < 1.29 is 27.5 Å². The van der Waals surface area contributed by atoms with Gasteiger partial charge in [-0.05, 0) is 31.2 Å². The predicted octanol–water partition coefficient (Wildman–Crippen LogP) is 2.98. The van der Waals surface area contributed by atoms with Crippen LogP contribution in [-0.4, -0.2) is 39.7 Å². The Labute approximate surface area is 193 Å². The summed E-state index contributed by atoms with van der Waals surface area (Å²) in [6.45, 7) is -0.169. The lowest BCUT2D eigenvalue weighted by Crippen LogP contribution is -2.53. The average molecular weight is 476 g/mol. The standard InChI is InChI=1S/C23H23F3N4O4/c1-30-14-18(28-13-19(30)31)16-7-5-15(6-8-16)17(11-27)12-29-20(32)22(9-3-2-4-10-22)34-21(33)23(24,25)26/h5-8,13-14,17H,2-4,9-10,12H2,1H3,(H,29,32). The van der Waals surface area contributed by atoms with Gasteiger partial charge in [0, 0.05) is 25.4 Å². The first-order chi connectivity index (χ1) is 16.1. The lowest BCUT2D eigenvalue weighted by atomic mass is 9.83. The van der Waals surface area contributed by atoms with E-state index in [0.717, 1.165) is 6.42 Å². The highest BCUT2D eigenvalue weighted by Gasteiger charge is 2.50. The van der Waals surface area contributed by atoms with E-state index in [9.17, 15) is 32.8 Å². The Hall–Kier alpha value is -3.68. The van der Waals surface area contributed by atoms with Gasteiger partial charge in [-0.15, -0.1) is 0 Å². The van der Waals surface area contributed by atoms with Crippen LogP contribution in [0.3, 0.4) is 0 Å². The number of rotatable bonds is 6. The minimum absolute atomic E-state index is 0.0147. The molecule has 11 heteroatoms. The molecule has 8 nitrogen and oxygen atoms in total. The average Bonchev–Trinajstić information content (AvgIpc) is 2.81. The number of amides is 1. The third-order valence-corrected chi connectivity index (χ3v) is 5.80. The molecule has 1 aliphatic carbocycles. The number of ether oxygens (including phenoxy) is 1. The van der Waals surface area contributed by atoms with Crippen LogP contribution in [0.1, 0.15) is 43.6 Å². The highest BCUT2D eigenvalue weighted by molar-refractivity contribution is 5.89. The molecule has 1 unspecified atom stereocenters. The number of nitrogens with zero attached hydrogens (tertiary/aromatic N) is 3. The lowest BCUT2D eigenvalue weighted by molar-refractivity contribution is -0.216. The molecule has 1 aliphatic rings. The molecule has 1 atom stereocenters. The number of esters is 1. The molecule has 180 valence electrons. The van der Waals surface area contributed by atoms with Gasteiger partial charge in [0.15, 0.2) is 5.60 Å². The van der Waals surface area contributed by atoms with E-state index in [1.54, 1.807) is 37.5 Å². The van der Waals surface area contributed by atoms with Gasteiger partial charge in [0.2, 0.25) is 0 Å². The Morgan fingerprint density at radius 2 is 1.88 bits per heavy atom. The number of carbonyl (C=O) groups excluding carboxylic acids is 2. The fourth-order valence-electron chi connectivity index (χ4n) is 3.86. The summed E-state index contributed by atoms with van der Waals surface area (Å²) >= 11 is 0. The summed E-state index contributed by atoms with van der Waals surface area (Å²) in [6, 6.07) is 8.82. The highest BCUT2D eigenvalue weighted by Crippen LogP contribution is 2.34. The van der Waals surface area contributed by atoms with Crippen molar-refractivity contribution in [1.29, 1.82) is 5.26 Å². The van der Waals surface area contributed by atoms with Crippen molar-refractivity contribution in [2.75, 3.05) is 6.54 Å². The molecule has 1 saturated carbocycles. The van der Waals surface area contributed by atoms with Crippen molar-refractivity contribution in [3.05, 3.63) is 52.6 Å². The number of nitrogens with one attached hydrogen (secondary N) is 1. The number of aromatic nitrogens is 2. The van der Waals surface area contributed by atoms with E-state index in [1.807, 2.05) is 0 Å². The molecule has 1 fully saturated rings. The maximum atomic E-state index is 12.8. The molecule has 0 bridgehead atoms. The van der Waals surface area contributed by atoms with Gasteiger partial charge in [0.1, 0.15) is 0 Å². The second-order valence-corrected chi connectivity index (χ2v) is 8.18. The smallest absolute Gasteiger partial charge is 0.442 e. The molecule has 2 aromatic rings. The quantitative estimate of drug-likeness (QED) is 0.642. The first-order valence-corrected chi connectivity index (χ1v) is 10.7. The van der Waals surface area contributed by atoms with Crippen LogP contribution in [0.25, 0.3) is 11.3 Å². The maximum Gasteiger partial charge on any atom is 0.490 e. The van der Waals surface area contributed by atoms with E-state index in [-0.39, 0.29) is 24.9 Å². The van der Waals surface area contributed by atoms with E-state index in [1.165, 1.54) is 10.8 Å². The van der Waals surface area contributed by atoms with E-state index >= 15 is 0 Å². The Morgan fingerprint density at radius 1 is 1.24 bits per heavy atom. The number of benzene rings is 1. The summed E-state index contributed by atoms with van der Waals surface area (Å²) in [6.07, 6.45) is -0.855. The SMILES string of the molecule is Cn1cc(-c2ccc(C(C#N)CNC(=O)C3(OC(=O)C(F)(F)F)CCCCC3)cc2)ncc1=O. The Morgan fingerprint density at radius 3 is 2.44 bits per heavy atom. The molecule has 1 N–H and O–H groups in total. The Kier molecular flexibility index (Phi) is 7.39. The zero-order valence-corrected chi connectivity index (χ0v) is 18.4. The number of nitriles is 1. The maximum absolute atomic E-state index is 12.8. The van der Waals surface area contributed by atoms with Crippen LogP contribution in [0.4, 0.5) is 13.2 Å². The third-order valence-electron chi connectivity index (χ3n) is 5.80. The number of carbonyl (C=O) groups is 2. The van der Waals surface area contributed by atoms with Gasteiger partial charge in [-0.3, -0.25) is 9.59 Å². The molecule has 3 rings (SSSR count). The number of hydrogen-bond acceptors (Lipinski definition) is 6. The number of hydrogen-bond donors (Lipinski definition) is 1. The number of aryl methyl sites for hydroxylation is 1. The van der Waals surface area contributed by atoms with Gasteiger partial charge in [-0.25, -0.2) is 9.78 Å². The Balaban J connectivity index is 1.71. The first kappa shape index (κ1) is 25.0. The molecule has 1 aromatic heterocycles. The van der Waals surface area contributed by atoms with Gasteiger partial charge < -0.3 is 14.6 Å². The van der Waals surface area contributed by atoms with Crippen LogP contribution < -0.4 is 10.9 Å². The molecule has 1 amide bonds. The van der Waals surface area contributed by atoms with E-state index in [0.29, 0.717) is 29.7 Å². The van der Waals surface area contributed by atoms with Crippen molar-refractivity contribution in [2.24, 2.45) is 7.05 Å². The summed E-state index contributed by atoms with van der Waals surface area (Å²) in [7, 11) is 1.60. The van der Waals surface area contributed by atoms with Gasteiger partial charge in [-0.2, -0.15) is 18.4 Å². The normalized spacial score (nSPS) is 16.2. The van der Waals surface area contributed by atoms with Crippen LogP contribution in [0.2, 0.25) is 0 Å². The molecule has 0 spiro atoms. The van der Waals surface area contributed by atoms with Gasteiger partial charge in [0.05, 0.1) is 23.9 Å². The summed E-state index contributed by atoms with van der Waals surface area (Å²) in [5.41, 5.74) is -0.316. The lowest BCUT2D eigenvalue weighted by Gasteiger charge is -2.35. The first-order valence-electron chi connectivity index (χ1n) is 10.7. The van der Waals surface area contributed by atoms with E-state index < -0.39 is 29.6 Å². The van der Waals surface area contributed by atoms with Crippen molar-refractivity contribution >= 4 is 11.9 Å². The molecule has 0 radical (unpaired) electrons. The fraction of sp³-hybridized carbons (Fsp3) is 0.435. The number of alkyl halides is 3. The van der Waals surface area contributed by atoms with Crippen molar-refractivity contribution in [1.82, 2.24) is 14.9 Å². The van der Waals surface area contributed by atoms with Crippen LogP contribution in [-0.2, 0) is 21.4 Å². The third kappa shape index (κ3) is 5.62. The van der Waals surface area contributed by atoms with Crippen molar-refractivity contribution in [3.63, 3.8) is 0 Å². The topological polar surface area (TPSA) is 114 Å². The Bertz CT molecular complexity index is 1150. The molecule has 0 saturated heterocycles. The molecule has 1 heterocycles. The molecular formula is C23H23F3N4O4. The van der Waals surface area contributed by atoms with Crippen LogP contribution in [0.5, 0.6) is 0 Å². The second-order valence-electron chi connectivity index (χ2n) is 8.18. The monoisotopic (exact) mass is 476 g/mol. The van der Waals surface area contributed by atoms with E-state index in [2.05, 4.69) is 21.1 Å². The molecular weight excluding hydrogens is 453 g/mol. The van der Waals surface area contributed by atoms with E-state index in [4.69, 9.17) is 0 Å². The summed E-state index contributed by atoms with van der Waals surface area (Å²) in [4.78, 5) is 39.9. The molecule has 1 aromatic carbocycles. The number of halogens is 3. The highest BCUT2D eigenvalue weighted by atomic mass is 19.4. The van der Waals surface area contributed by atoms with Gasteiger partial charge in [0.25, 0.3) is 11.5 Å². The zero-order chi connectivity index (χ0) is 24.9. The van der Waals surface area contributed by atoms with Gasteiger partial charge in [-0.1, -0.05) is 30.7 Å². The molecule has 34 heavy (non-hydrogen) atoms.